The van der Waals surface area contributed by atoms with Crippen LogP contribution < -0.4 is 5.32 Å². The lowest BCUT2D eigenvalue weighted by Gasteiger charge is -2.30. The van der Waals surface area contributed by atoms with Gasteiger partial charge < -0.3 is 10.2 Å². The molecule has 1 aromatic carbocycles. The third-order valence-corrected chi connectivity index (χ3v) is 3.99. The van der Waals surface area contributed by atoms with E-state index in [2.05, 4.69) is 11.9 Å². The monoisotopic (exact) mass is 368 g/mol. The van der Waals surface area contributed by atoms with Crippen molar-refractivity contribution in [2.75, 3.05) is 19.6 Å². The minimum absolute atomic E-state index is 0. The molecule has 0 saturated carbocycles. The molecule has 2 aliphatic rings. The smallest absolute Gasteiger partial charge is 0.329 e. The van der Waals surface area contributed by atoms with E-state index in [-0.39, 0.29) is 36.4 Å². The van der Waals surface area contributed by atoms with Gasteiger partial charge in [-0.05, 0) is 23.6 Å². The van der Waals surface area contributed by atoms with Gasteiger partial charge >= 0.3 is 6.18 Å². The fraction of sp³-hybridized carbons (Fsp3) is 0.400. The maximum atomic E-state index is 13.3. The highest BCUT2D eigenvalue weighted by Crippen LogP contribution is 2.42. The summed E-state index contributed by atoms with van der Waals surface area (Å²) < 4.78 is 39.9. The molecule has 128 valence electrons. The van der Waals surface area contributed by atoms with Gasteiger partial charge in [-0.15, -0.1) is 31.4 Å². The zero-order valence-corrected chi connectivity index (χ0v) is 13.8. The van der Waals surface area contributed by atoms with Crippen LogP contribution in [0.5, 0.6) is 0 Å². The molecule has 0 aromatic heterocycles. The van der Waals surface area contributed by atoms with Crippen LogP contribution in [0.15, 0.2) is 24.8 Å². The summed E-state index contributed by atoms with van der Waals surface area (Å²) in [4.78, 5) is 13.9. The Balaban J connectivity index is 0.00000132. The number of halogens is 5. The van der Waals surface area contributed by atoms with Gasteiger partial charge in [0.25, 0.3) is 5.91 Å². The molecule has 8 heteroatoms. The lowest BCUT2D eigenvalue weighted by molar-refractivity contribution is -0.138. The Bertz CT molecular complexity index is 619. The number of carbonyl (C=O) groups excluding carboxylic acids is 1. The lowest BCUT2D eigenvalue weighted by Crippen LogP contribution is -2.44. The number of nitrogens with one attached hydrogen (secondary N) is 1. The van der Waals surface area contributed by atoms with Gasteiger partial charge in [0.1, 0.15) is 0 Å². The highest BCUT2D eigenvalue weighted by atomic mass is 35.5. The van der Waals surface area contributed by atoms with Crippen molar-refractivity contribution in [3.05, 3.63) is 47.0 Å². The lowest BCUT2D eigenvalue weighted by atomic mass is 9.94. The Hall–Kier alpha value is -1.24. The van der Waals surface area contributed by atoms with E-state index in [0.29, 0.717) is 37.2 Å². The van der Waals surface area contributed by atoms with Gasteiger partial charge in [0.05, 0.1) is 17.2 Å². The SMILES string of the molecule is C=CCc1cc2c(c(C(F)(F)F)c1)C(=O)N1CCNC[C@@H]21.Cl.Cl. The van der Waals surface area contributed by atoms with Gasteiger partial charge in [0, 0.05) is 19.6 Å². The van der Waals surface area contributed by atoms with Gasteiger partial charge in [0.2, 0.25) is 0 Å². The molecule has 1 fully saturated rings. The van der Waals surface area contributed by atoms with E-state index in [0.717, 1.165) is 6.07 Å². The number of allylic oxidation sites excluding steroid dienone is 1. The predicted molar refractivity (Wildman–Crippen MR) is 86.5 cm³/mol. The molecule has 2 aliphatic heterocycles. The minimum atomic E-state index is -4.53. The second kappa shape index (κ2) is 7.11. The number of hydrogen-bond donors (Lipinski definition) is 1. The van der Waals surface area contributed by atoms with E-state index in [1.807, 2.05) is 0 Å². The zero-order chi connectivity index (χ0) is 15.2. The highest BCUT2D eigenvalue weighted by Gasteiger charge is 2.45. The van der Waals surface area contributed by atoms with Crippen LogP contribution in [-0.4, -0.2) is 30.4 Å². The summed E-state index contributed by atoms with van der Waals surface area (Å²) in [7, 11) is 0. The summed E-state index contributed by atoms with van der Waals surface area (Å²) in [5, 5.41) is 3.13. The Morgan fingerprint density at radius 2 is 2.04 bits per heavy atom. The van der Waals surface area contributed by atoms with Gasteiger partial charge in [-0.2, -0.15) is 13.2 Å². The molecule has 0 aliphatic carbocycles. The minimum Gasteiger partial charge on any atom is -0.329 e. The predicted octanol–water partition coefficient (Wildman–Crippen LogP) is 3.38. The van der Waals surface area contributed by atoms with E-state index in [1.165, 1.54) is 4.90 Å². The summed E-state index contributed by atoms with van der Waals surface area (Å²) >= 11 is 0. The van der Waals surface area contributed by atoms with E-state index in [4.69, 9.17) is 0 Å². The van der Waals surface area contributed by atoms with Crippen molar-refractivity contribution in [2.24, 2.45) is 0 Å². The first-order valence-corrected chi connectivity index (χ1v) is 6.80. The third-order valence-electron chi connectivity index (χ3n) is 3.99. The van der Waals surface area contributed by atoms with E-state index in [1.54, 1.807) is 12.1 Å². The summed E-state index contributed by atoms with van der Waals surface area (Å²) in [5.74, 6) is -0.506. The third kappa shape index (κ3) is 3.34. The Morgan fingerprint density at radius 3 is 2.65 bits per heavy atom. The van der Waals surface area contributed by atoms with Crippen molar-refractivity contribution in [3.8, 4) is 0 Å². The van der Waals surface area contributed by atoms with Crippen LogP contribution in [0.4, 0.5) is 13.2 Å². The molecule has 0 spiro atoms. The summed E-state index contributed by atoms with van der Waals surface area (Å²) in [5.41, 5.74) is 0.0236. The number of rotatable bonds is 2. The molecular weight excluding hydrogens is 352 g/mol. The molecule has 1 aromatic rings. The molecule has 0 radical (unpaired) electrons. The highest BCUT2D eigenvalue weighted by molar-refractivity contribution is 6.01. The van der Waals surface area contributed by atoms with Crippen LogP contribution in [0, 0.1) is 0 Å². The van der Waals surface area contributed by atoms with Gasteiger partial charge in [0.15, 0.2) is 0 Å². The number of hydrogen-bond acceptors (Lipinski definition) is 2. The second-order valence-electron chi connectivity index (χ2n) is 5.32. The average Bonchev–Trinajstić information content (AvgIpc) is 2.72. The van der Waals surface area contributed by atoms with Crippen molar-refractivity contribution in [1.29, 1.82) is 0 Å². The number of piperazine rings is 1. The molecule has 0 bridgehead atoms. The number of amides is 1. The van der Waals surface area contributed by atoms with Crippen LogP contribution in [0.25, 0.3) is 0 Å². The normalized spacial score (nSPS) is 19.3. The van der Waals surface area contributed by atoms with E-state index in [9.17, 15) is 18.0 Å². The summed E-state index contributed by atoms with van der Waals surface area (Å²) in [6.45, 7) is 5.11. The van der Waals surface area contributed by atoms with Crippen LogP contribution in [-0.2, 0) is 12.6 Å². The number of nitrogens with zero attached hydrogens (tertiary/aromatic N) is 1. The molecule has 1 amide bonds. The molecule has 3 rings (SSSR count). The zero-order valence-electron chi connectivity index (χ0n) is 12.2. The molecule has 23 heavy (non-hydrogen) atoms. The fourth-order valence-corrected chi connectivity index (χ4v) is 3.11. The van der Waals surface area contributed by atoms with Crippen LogP contribution in [0.1, 0.15) is 33.1 Å². The Labute approximate surface area is 144 Å². The summed E-state index contributed by atoms with van der Waals surface area (Å²) in [6, 6.07) is 2.48. The van der Waals surface area contributed by atoms with Gasteiger partial charge in [-0.3, -0.25) is 4.79 Å². The fourth-order valence-electron chi connectivity index (χ4n) is 3.11. The van der Waals surface area contributed by atoms with Crippen molar-refractivity contribution < 1.29 is 18.0 Å². The molecule has 1 saturated heterocycles. The number of carbonyl (C=O) groups is 1. The second-order valence-corrected chi connectivity index (χ2v) is 5.32. The first-order chi connectivity index (χ1) is 9.93. The molecule has 2 heterocycles. The topological polar surface area (TPSA) is 32.3 Å². The molecule has 3 nitrogen and oxygen atoms in total. The Kier molecular flexibility index (Phi) is 6.12. The van der Waals surface area contributed by atoms with E-state index < -0.39 is 17.6 Å². The maximum Gasteiger partial charge on any atom is 0.417 e. The molecule has 1 atom stereocenters. The van der Waals surface area contributed by atoms with Crippen molar-refractivity contribution >= 4 is 30.7 Å². The largest absolute Gasteiger partial charge is 0.417 e. The maximum absolute atomic E-state index is 13.3. The van der Waals surface area contributed by atoms with Crippen molar-refractivity contribution in [2.45, 2.75) is 18.6 Å². The van der Waals surface area contributed by atoms with Crippen molar-refractivity contribution in [3.63, 3.8) is 0 Å². The van der Waals surface area contributed by atoms with Gasteiger partial charge in [-0.25, -0.2) is 0 Å². The average molecular weight is 369 g/mol. The summed E-state index contributed by atoms with van der Waals surface area (Å²) in [6.07, 6.45) is -2.61. The first kappa shape index (κ1) is 19.8. The first-order valence-electron chi connectivity index (χ1n) is 6.80. The Morgan fingerprint density at radius 1 is 1.35 bits per heavy atom. The van der Waals surface area contributed by atoms with Gasteiger partial charge in [-0.1, -0.05) is 12.1 Å². The number of alkyl halides is 3. The van der Waals surface area contributed by atoms with Crippen molar-refractivity contribution in [1.82, 2.24) is 10.2 Å². The number of benzene rings is 1. The van der Waals surface area contributed by atoms with Crippen LogP contribution in [0.2, 0.25) is 0 Å². The van der Waals surface area contributed by atoms with Crippen LogP contribution >= 0.6 is 24.8 Å². The molecule has 0 unspecified atom stereocenters. The molecular formula is C15H17Cl2F3N2O. The van der Waals surface area contributed by atoms with Crippen LogP contribution in [0.3, 0.4) is 0 Å². The molecule has 1 N–H and O–H groups in total. The quantitative estimate of drug-likeness (QED) is 0.811. The van der Waals surface area contributed by atoms with E-state index >= 15 is 0 Å². The standard InChI is InChI=1S/C15H15F3N2O.2ClH/c1-2-3-9-6-10-12-8-19-4-5-20(12)14(21)13(10)11(7-9)15(16,17)18;;/h2,6-7,12,19H,1,3-5,8H2;2*1H/t12-;;/m0../s1. The number of fused-ring (bicyclic) bond motifs is 3.